The van der Waals surface area contributed by atoms with Crippen molar-refractivity contribution in [3.63, 3.8) is 0 Å². The zero-order chi connectivity index (χ0) is 11.4. The fourth-order valence-corrected chi connectivity index (χ4v) is 1.80. The van der Waals surface area contributed by atoms with Gasteiger partial charge in [0.15, 0.2) is 0 Å². The van der Waals surface area contributed by atoms with Gasteiger partial charge in [-0.15, -0.1) is 11.3 Å². The molecule has 2 heterocycles. The number of hydrogen-bond acceptors (Lipinski definition) is 6. The molecule has 2 N–H and O–H groups in total. The number of thiazole rings is 1. The van der Waals surface area contributed by atoms with Crippen LogP contribution in [0.3, 0.4) is 0 Å². The maximum absolute atomic E-state index is 4.33. The van der Waals surface area contributed by atoms with E-state index in [9.17, 15) is 0 Å². The van der Waals surface area contributed by atoms with E-state index in [1.54, 1.807) is 30.8 Å². The first-order chi connectivity index (χ1) is 7.79. The zero-order valence-corrected chi connectivity index (χ0v) is 10.0. The van der Waals surface area contributed by atoms with Gasteiger partial charge in [-0.2, -0.15) is 4.98 Å². The Kier molecular flexibility index (Phi) is 3.31. The molecule has 2 rings (SSSR count). The predicted octanol–water partition coefficient (Wildman–Crippen LogP) is 1.90. The van der Waals surface area contributed by atoms with Gasteiger partial charge >= 0.3 is 0 Å². The molecular weight excluding hydrogens is 222 g/mol. The minimum atomic E-state index is 0.618. The molecule has 0 fully saturated rings. The van der Waals surface area contributed by atoms with Crippen LogP contribution in [-0.4, -0.2) is 22.0 Å². The van der Waals surface area contributed by atoms with Gasteiger partial charge < -0.3 is 10.6 Å². The van der Waals surface area contributed by atoms with E-state index in [2.05, 4.69) is 25.6 Å². The van der Waals surface area contributed by atoms with Gasteiger partial charge in [-0.25, -0.2) is 9.97 Å². The highest BCUT2D eigenvalue weighted by molar-refractivity contribution is 7.09. The topological polar surface area (TPSA) is 62.7 Å². The van der Waals surface area contributed by atoms with Crippen LogP contribution in [0, 0.1) is 6.92 Å². The molecule has 0 radical (unpaired) electrons. The summed E-state index contributed by atoms with van der Waals surface area (Å²) in [5, 5.41) is 9.17. The summed E-state index contributed by atoms with van der Waals surface area (Å²) in [6.45, 7) is 2.67. The summed E-state index contributed by atoms with van der Waals surface area (Å²) in [4.78, 5) is 12.7. The lowest BCUT2D eigenvalue weighted by Gasteiger charge is -2.08. The number of anilines is 2. The average Bonchev–Trinajstić information content (AvgIpc) is 2.81. The Labute approximate surface area is 98.0 Å². The molecule has 0 aliphatic heterocycles. The van der Waals surface area contributed by atoms with Gasteiger partial charge in [0.25, 0.3) is 0 Å². The van der Waals surface area contributed by atoms with E-state index in [0.717, 1.165) is 16.4 Å². The molecule has 0 saturated carbocycles. The first-order valence-corrected chi connectivity index (χ1v) is 5.81. The minimum absolute atomic E-state index is 0.618. The SMILES string of the molecule is CNc1ncc(C)c(NCc2nccs2)n1. The van der Waals surface area contributed by atoms with E-state index in [0.29, 0.717) is 12.5 Å². The number of nitrogens with zero attached hydrogens (tertiary/aromatic N) is 3. The molecule has 0 aliphatic rings. The van der Waals surface area contributed by atoms with E-state index in [1.165, 1.54) is 0 Å². The molecule has 2 aromatic heterocycles. The molecule has 16 heavy (non-hydrogen) atoms. The molecule has 0 amide bonds. The molecule has 0 aliphatic carbocycles. The van der Waals surface area contributed by atoms with E-state index in [4.69, 9.17) is 0 Å². The van der Waals surface area contributed by atoms with Gasteiger partial charge in [-0.05, 0) is 6.92 Å². The standard InChI is InChI=1S/C10H13N5S/c1-7-5-14-10(11-2)15-9(7)13-6-8-12-3-4-16-8/h3-5H,6H2,1-2H3,(H2,11,13,14,15). The maximum Gasteiger partial charge on any atom is 0.224 e. The molecule has 5 nitrogen and oxygen atoms in total. The van der Waals surface area contributed by atoms with Crippen LogP contribution in [0.1, 0.15) is 10.6 Å². The Bertz CT molecular complexity index is 454. The molecule has 2 aromatic rings. The molecule has 6 heteroatoms. The maximum atomic E-state index is 4.33. The molecule has 0 aromatic carbocycles. The molecule has 0 spiro atoms. The highest BCUT2D eigenvalue weighted by atomic mass is 32.1. The summed E-state index contributed by atoms with van der Waals surface area (Å²) >= 11 is 1.63. The Balaban J connectivity index is 2.08. The monoisotopic (exact) mass is 235 g/mol. The number of aromatic nitrogens is 3. The molecule has 84 valence electrons. The van der Waals surface area contributed by atoms with E-state index in [-0.39, 0.29) is 0 Å². The first kappa shape index (κ1) is 10.8. The first-order valence-electron chi connectivity index (χ1n) is 4.93. The van der Waals surface area contributed by atoms with Crippen molar-refractivity contribution in [3.05, 3.63) is 28.3 Å². The summed E-state index contributed by atoms with van der Waals surface area (Å²) in [6, 6.07) is 0. The Morgan fingerprint density at radius 1 is 1.38 bits per heavy atom. The van der Waals surface area contributed by atoms with Crippen LogP contribution in [0.15, 0.2) is 17.8 Å². The van der Waals surface area contributed by atoms with Crippen LogP contribution < -0.4 is 10.6 Å². The second kappa shape index (κ2) is 4.89. The summed E-state index contributed by atoms with van der Waals surface area (Å²) in [6.07, 6.45) is 3.59. The van der Waals surface area contributed by atoms with Crippen molar-refractivity contribution in [2.45, 2.75) is 13.5 Å². The van der Waals surface area contributed by atoms with Crippen LogP contribution in [0.5, 0.6) is 0 Å². The zero-order valence-electron chi connectivity index (χ0n) is 9.19. The normalized spacial score (nSPS) is 10.1. The van der Waals surface area contributed by atoms with Crippen LogP contribution in [-0.2, 0) is 6.54 Å². The van der Waals surface area contributed by atoms with Crippen molar-refractivity contribution in [2.24, 2.45) is 0 Å². The molecule has 0 unspecified atom stereocenters. The number of hydrogen-bond donors (Lipinski definition) is 2. The molecule has 0 atom stereocenters. The lowest BCUT2D eigenvalue weighted by atomic mass is 10.3. The largest absolute Gasteiger partial charge is 0.363 e. The Morgan fingerprint density at radius 3 is 2.94 bits per heavy atom. The number of rotatable bonds is 4. The number of aryl methyl sites for hydroxylation is 1. The van der Waals surface area contributed by atoms with Crippen LogP contribution in [0.4, 0.5) is 11.8 Å². The summed E-state index contributed by atoms with van der Waals surface area (Å²) in [5.41, 5.74) is 1.02. The predicted molar refractivity (Wildman–Crippen MR) is 65.8 cm³/mol. The number of nitrogens with one attached hydrogen (secondary N) is 2. The van der Waals surface area contributed by atoms with Crippen molar-refractivity contribution in [3.8, 4) is 0 Å². The van der Waals surface area contributed by atoms with E-state index < -0.39 is 0 Å². The second-order valence-corrected chi connectivity index (χ2v) is 4.23. The minimum Gasteiger partial charge on any atom is -0.363 e. The van der Waals surface area contributed by atoms with Crippen molar-refractivity contribution in [1.82, 2.24) is 15.0 Å². The van der Waals surface area contributed by atoms with Gasteiger partial charge in [0.1, 0.15) is 10.8 Å². The van der Waals surface area contributed by atoms with Crippen LogP contribution in [0.25, 0.3) is 0 Å². The van der Waals surface area contributed by atoms with Crippen LogP contribution in [0.2, 0.25) is 0 Å². The quantitative estimate of drug-likeness (QED) is 0.847. The summed E-state index contributed by atoms with van der Waals surface area (Å²) < 4.78 is 0. The highest BCUT2D eigenvalue weighted by Gasteiger charge is 2.03. The third kappa shape index (κ3) is 2.46. The van der Waals surface area contributed by atoms with Gasteiger partial charge in [0.05, 0.1) is 6.54 Å². The van der Waals surface area contributed by atoms with E-state index >= 15 is 0 Å². The van der Waals surface area contributed by atoms with Crippen LogP contribution >= 0.6 is 11.3 Å². The lowest BCUT2D eigenvalue weighted by molar-refractivity contribution is 1.04. The van der Waals surface area contributed by atoms with Crippen molar-refractivity contribution < 1.29 is 0 Å². The lowest BCUT2D eigenvalue weighted by Crippen LogP contribution is -2.06. The van der Waals surface area contributed by atoms with Crippen molar-refractivity contribution in [1.29, 1.82) is 0 Å². The van der Waals surface area contributed by atoms with Gasteiger partial charge in [-0.3, -0.25) is 0 Å². The second-order valence-electron chi connectivity index (χ2n) is 3.25. The highest BCUT2D eigenvalue weighted by Crippen LogP contribution is 2.14. The van der Waals surface area contributed by atoms with Gasteiger partial charge in [-0.1, -0.05) is 0 Å². The summed E-state index contributed by atoms with van der Waals surface area (Å²) in [7, 11) is 1.80. The average molecular weight is 235 g/mol. The Morgan fingerprint density at radius 2 is 2.25 bits per heavy atom. The van der Waals surface area contributed by atoms with Crippen molar-refractivity contribution in [2.75, 3.05) is 17.7 Å². The van der Waals surface area contributed by atoms with Crippen molar-refractivity contribution >= 4 is 23.1 Å². The molecule has 0 saturated heterocycles. The molecule has 0 bridgehead atoms. The fourth-order valence-electron chi connectivity index (χ4n) is 1.24. The fraction of sp³-hybridized carbons (Fsp3) is 0.300. The summed E-state index contributed by atoms with van der Waals surface area (Å²) in [5.74, 6) is 1.46. The smallest absolute Gasteiger partial charge is 0.224 e. The third-order valence-electron chi connectivity index (χ3n) is 2.09. The van der Waals surface area contributed by atoms with Gasteiger partial charge in [0.2, 0.25) is 5.95 Å². The third-order valence-corrected chi connectivity index (χ3v) is 2.87. The van der Waals surface area contributed by atoms with E-state index in [1.807, 2.05) is 12.3 Å². The van der Waals surface area contributed by atoms with Gasteiger partial charge in [0, 0.05) is 30.4 Å². The molecular formula is C10H13N5S. The Hall–Kier alpha value is -1.69.